The molecule has 7 heteroatoms. The topological polar surface area (TPSA) is 81.6 Å². The van der Waals surface area contributed by atoms with Gasteiger partial charge in [-0.1, -0.05) is 19.1 Å². The second-order valence-corrected chi connectivity index (χ2v) is 9.30. The van der Waals surface area contributed by atoms with Crippen molar-refractivity contribution in [3.63, 3.8) is 0 Å². The van der Waals surface area contributed by atoms with Crippen molar-refractivity contribution in [2.45, 2.75) is 43.4 Å². The normalized spacial score (nSPS) is 14.5. The lowest BCUT2D eigenvalue weighted by Gasteiger charge is -2.28. The van der Waals surface area contributed by atoms with Crippen molar-refractivity contribution in [2.75, 3.05) is 19.0 Å². The Kier molecular flexibility index (Phi) is 8.42. The smallest absolute Gasteiger partial charge is 0.329 e. The Balaban J connectivity index is 2.82. The van der Waals surface area contributed by atoms with Crippen molar-refractivity contribution in [3.8, 4) is 0 Å². The third kappa shape index (κ3) is 7.58. The number of carboxylic acids is 1. The molecule has 0 amide bonds. The van der Waals surface area contributed by atoms with Gasteiger partial charge in [-0.2, -0.15) is 0 Å². The highest BCUT2D eigenvalue weighted by Crippen LogP contribution is 2.23. The zero-order valence-electron chi connectivity index (χ0n) is 14.0. The molecule has 0 aliphatic rings. The van der Waals surface area contributed by atoms with Gasteiger partial charge >= 0.3 is 5.97 Å². The lowest BCUT2D eigenvalue weighted by molar-refractivity contribution is -0.142. The summed E-state index contributed by atoms with van der Waals surface area (Å²) in [6.45, 7) is 7.51. The van der Waals surface area contributed by atoms with Crippen LogP contribution in [0.2, 0.25) is 0 Å². The number of aliphatic carboxylic acids is 1. The molecule has 1 rings (SSSR count). The summed E-state index contributed by atoms with van der Waals surface area (Å²) in [5.74, 6) is -0.0213. The lowest BCUT2D eigenvalue weighted by Crippen LogP contribution is -2.42. The highest BCUT2D eigenvalue weighted by molar-refractivity contribution is 7.99. The predicted octanol–water partition coefficient (Wildman–Crippen LogP) is 2.99. The van der Waals surface area contributed by atoms with Crippen LogP contribution in [-0.2, 0) is 20.9 Å². The summed E-state index contributed by atoms with van der Waals surface area (Å²) in [7, 11) is 0. The van der Waals surface area contributed by atoms with Crippen LogP contribution in [0.5, 0.6) is 0 Å². The monoisotopic (exact) mass is 359 g/mol. The molecule has 0 fully saturated rings. The van der Waals surface area contributed by atoms with Crippen molar-refractivity contribution in [1.29, 1.82) is 0 Å². The summed E-state index contributed by atoms with van der Waals surface area (Å²) >= 11 is 0.473. The van der Waals surface area contributed by atoms with Crippen molar-refractivity contribution >= 4 is 29.1 Å². The van der Waals surface area contributed by atoms with E-state index in [0.717, 1.165) is 11.3 Å². The second kappa shape index (κ2) is 9.54. The van der Waals surface area contributed by atoms with E-state index < -0.39 is 22.1 Å². The number of thioether (sulfide) groups is 1. The molecular weight excluding hydrogens is 334 g/mol. The Morgan fingerprint density at radius 2 is 2.00 bits per heavy atom. The third-order valence-electron chi connectivity index (χ3n) is 2.91. The van der Waals surface area contributed by atoms with E-state index in [1.54, 1.807) is 11.8 Å². The van der Waals surface area contributed by atoms with Crippen LogP contribution in [0.4, 0.5) is 0 Å². The standard InChI is InChI=1S/C16H25NO4S2/c1-5-22-13-8-6-12(7-9-13)14(10-21-11-15(18)19)17-23(20)16(2,3)4/h6-9,14,17H,5,10-11H2,1-4H3,(H,18,19). The molecule has 130 valence electrons. The zero-order valence-corrected chi connectivity index (χ0v) is 15.6. The maximum atomic E-state index is 12.3. The average Bonchev–Trinajstić information content (AvgIpc) is 2.46. The Bertz CT molecular complexity index is 488. The summed E-state index contributed by atoms with van der Waals surface area (Å²) in [4.78, 5) is 11.8. The van der Waals surface area contributed by atoms with Gasteiger partial charge in [0.15, 0.2) is 0 Å². The van der Waals surface area contributed by atoms with Crippen LogP contribution in [0.1, 0.15) is 39.3 Å². The van der Waals surface area contributed by atoms with Crippen molar-refractivity contribution < 1.29 is 19.2 Å². The SMILES string of the molecule is CCSc1ccc(C(COCC(=O)O)N[S+]([O-])C(C)(C)C)cc1. The molecule has 0 spiro atoms. The van der Waals surface area contributed by atoms with Gasteiger partial charge in [0, 0.05) is 16.3 Å². The average molecular weight is 360 g/mol. The fourth-order valence-electron chi connectivity index (χ4n) is 1.73. The van der Waals surface area contributed by atoms with Gasteiger partial charge < -0.3 is 14.4 Å². The number of hydrogen-bond donors (Lipinski definition) is 2. The maximum absolute atomic E-state index is 12.3. The van der Waals surface area contributed by atoms with Crippen molar-refractivity contribution in [3.05, 3.63) is 29.8 Å². The number of ether oxygens (including phenoxy) is 1. The first-order chi connectivity index (χ1) is 10.7. The fourth-order valence-corrected chi connectivity index (χ4v) is 3.21. The molecule has 23 heavy (non-hydrogen) atoms. The molecule has 0 bridgehead atoms. The fraction of sp³-hybridized carbons (Fsp3) is 0.562. The first-order valence-electron chi connectivity index (χ1n) is 7.44. The van der Waals surface area contributed by atoms with Gasteiger partial charge in [-0.15, -0.1) is 16.5 Å². The molecule has 2 atom stereocenters. The van der Waals surface area contributed by atoms with Gasteiger partial charge in [0.2, 0.25) is 0 Å². The molecule has 0 heterocycles. The minimum absolute atomic E-state index is 0.147. The Morgan fingerprint density at radius 3 is 2.48 bits per heavy atom. The molecule has 0 saturated heterocycles. The van der Waals surface area contributed by atoms with Crippen molar-refractivity contribution in [2.24, 2.45) is 0 Å². The van der Waals surface area contributed by atoms with Gasteiger partial charge in [-0.25, -0.2) is 4.79 Å². The first kappa shape index (κ1) is 20.3. The molecule has 0 aromatic heterocycles. The molecule has 2 unspecified atom stereocenters. The summed E-state index contributed by atoms with van der Waals surface area (Å²) in [5, 5.41) is 8.70. The third-order valence-corrected chi connectivity index (χ3v) is 5.41. The molecule has 2 N–H and O–H groups in total. The Hall–Kier alpha value is -0.730. The van der Waals surface area contributed by atoms with Crippen LogP contribution in [0.3, 0.4) is 0 Å². The van der Waals surface area contributed by atoms with Gasteiger partial charge in [0.05, 0.1) is 6.61 Å². The Labute approximate surface area is 145 Å². The highest BCUT2D eigenvalue weighted by Gasteiger charge is 2.30. The van der Waals surface area contributed by atoms with E-state index in [1.807, 2.05) is 45.0 Å². The van der Waals surface area contributed by atoms with E-state index in [9.17, 15) is 9.35 Å². The molecule has 0 aliphatic heterocycles. The summed E-state index contributed by atoms with van der Waals surface area (Å²) in [6, 6.07) is 7.61. The summed E-state index contributed by atoms with van der Waals surface area (Å²) in [5.41, 5.74) is 0.924. The number of rotatable bonds is 9. The van der Waals surface area contributed by atoms with Gasteiger partial charge in [0.1, 0.15) is 17.4 Å². The minimum atomic E-state index is -1.27. The van der Waals surface area contributed by atoms with E-state index in [-0.39, 0.29) is 19.3 Å². The number of hydrogen-bond acceptors (Lipinski definition) is 5. The molecule has 5 nitrogen and oxygen atoms in total. The van der Waals surface area contributed by atoms with Crippen LogP contribution < -0.4 is 4.72 Å². The minimum Gasteiger partial charge on any atom is -0.598 e. The lowest BCUT2D eigenvalue weighted by atomic mass is 10.1. The van der Waals surface area contributed by atoms with E-state index in [2.05, 4.69) is 11.6 Å². The molecule has 0 radical (unpaired) electrons. The quantitative estimate of drug-likeness (QED) is 0.521. The predicted molar refractivity (Wildman–Crippen MR) is 95.1 cm³/mol. The second-order valence-electron chi connectivity index (χ2n) is 5.96. The number of nitrogens with one attached hydrogen (secondary N) is 1. The largest absolute Gasteiger partial charge is 0.598 e. The maximum Gasteiger partial charge on any atom is 0.329 e. The number of benzene rings is 1. The number of carbonyl (C=O) groups is 1. The summed E-state index contributed by atoms with van der Waals surface area (Å²) in [6.07, 6.45) is 0. The van der Waals surface area contributed by atoms with E-state index >= 15 is 0 Å². The molecule has 0 saturated carbocycles. The molecule has 1 aromatic carbocycles. The molecule has 1 aromatic rings. The van der Waals surface area contributed by atoms with Crippen LogP contribution in [-0.4, -0.2) is 39.3 Å². The van der Waals surface area contributed by atoms with Gasteiger partial charge in [-0.3, -0.25) is 0 Å². The van der Waals surface area contributed by atoms with Crippen LogP contribution in [0.25, 0.3) is 0 Å². The molecule has 0 aliphatic carbocycles. The van der Waals surface area contributed by atoms with Crippen LogP contribution >= 0.6 is 11.8 Å². The summed E-state index contributed by atoms with van der Waals surface area (Å²) < 4.78 is 20.2. The molecular formula is C16H25NO4S2. The Morgan fingerprint density at radius 1 is 1.39 bits per heavy atom. The van der Waals surface area contributed by atoms with E-state index in [4.69, 9.17) is 9.84 Å². The van der Waals surface area contributed by atoms with Gasteiger partial charge in [0.25, 0.3) is 0 Å². The van der Waals surface area contributed by atoms with Crippen LogP contribution in [0, 0.1) is 0 Å². The highest BCUT2D eigenvalue weighted by atomic mass is 32.2. The van der Waals surface area contributed by atoms with E-state index in [0.29, 0.717) is 0 Å². The number of carboxylic acid groups (broad SMARTS) is 1. The van der Waals surface area contributed by atoms with E-state index in [1.165, 1.54) is 4.90 Å². The van der Waals surface area contributed by atoms with Crippen molar-refractivity contribution in [1.82, 2.24) is 4.72 Å². The zero-order chi connectivity index (χ0) is 17.5. The van der Waals surface area contributed by atoms with Gasteiger partial charge in [-0.05, 0) is 44.2 Å². The first-order valence-corrected chi connectivity index (χ1v) is 9.58. The van der Waals surface area contributed by atoms with Crippen LogP contribution in [0.15, 0.2) is 29.2 Å².